The average Bonchev–Trinajstić information content (AvgIpc) is 2.54. The second kappa shape index (κ2) is 5.68. The molecule has 1 N–H and O–H groups in total. The Hall–Kier alpha value is -2.17. The van der Waals surface area contributed by atoms with Gasteiger partial charge in [-0.25, -0.2) is 4.98 Å². The Morgan fingerprint density at radius 3 is 2.67 bits per heavy atom. The van der Waals surface area contributed by atoms with Gasteiger partial charge in [0, 0.05) is 0 Å². The Bertz CT molecular complexity index is 792. The predicted molar refractivity (Wildman–Crippen MR) is 81.6 cm³/mol. The zero-order chi connectivity index (χ0) is 14.8. The second-order valence-electron chi connectivity index (χ2n) is 4.58. The molecule has 3 aromatic rings. The van der Waals surface area contributed by atoms with Crippen LogP contribution in [-0.2, 0) is 0 Å². The maximum absolute atomic E-state index is 10.5. The highest BCUT2D eigenvalue weighted by Gasteiger charge is 2.15. The molecule has 0 fully saturated rings. The minimum Gasteiger partial charge on any atom is -0.495 e. The summed E-state index contributed by atoms with van der Waals surface area (Å²) in [5, 5.41) is 11.0. The molecule has 4 nitrogen and oxygen atoms in total. The molecule has 0 aliphatic heterocycles. The van der Waals surface area contributed by atoms with E-state index in [4.69, 9.17) is 16.3 Å². The number of benzene rings is 2. The molecule has 2 aromatic carbocycles. The smallest absolute Gasteiger partial charge is 0.137 e. The molecule has 0 radical (unpaired) electrons. The van der Waals surface area contributed by atoms with Crippen molar-refractivity contribution in [2.45, 2.75) is 6.10 Å². The highest BCUT2D eigenvalue weighted by atomic mass is 35.5. The van der Waals surface area contributed by atoms with Crippen molar-refractivity contribution < 1.29 is 9.84 Å². The predicted octanol–water partition coefficient (Wildman–Crippen LogP) is 3.37. The Labute approximate surface area is 127 Å². The fourth-order valence-electron chi connectivity index (χ4n) is 2.12. The van der Waals surface area contributed by atoms with E-state index in [2.05, 4.69) is 9.97 Å². The van der Waals surface area contributed by atoms with Gasteiger partial charge in [-0.3, -0.25) is 4.98 Å². The van der Waals surface area contributed by atoms with Crippen LogP contribution in [0.15, 0.2) is 48.7 Å². The third kappa shape index (κ3) is 2.68. The number of aliphatic hydroxyl groups excluding tert-OH is 1. The molecular formula is C16H13ClN2O2. The molecule has 1 atom stereocenters. The Morgan fingerprint density at radius 2 is 1.90 bits per heavy atom. The first-order valence-corrected chi connectivity index (χ1v) is 6.80. The molecule has 0 bridgehead atoms. The number of para-hydroxylation sites is 2. The van der Waals surface area contributed by atoms with Crippen LogP contribution in [0.25, 0.3) is 11.0 Å². The lowest BCUT2D eigenvalue weighted by molar-refractivity contribution is 0.215. The number of hydrogen-bond acceptors (Lipinski definition) is 4. The van der Waals surface area contributed by atoms with Gasteiger partial charge in [-0.15, -0.1) is 0 Å². The summed E-state index contributed by atoms with van der Waals surface area (Å²) in [6.45, 7) is 0. The Kier molecular flexibility index (Phi) is 3.73. The normalized spacial score (nSPS) is 12.3. The van der Waals surface area contributed by atoms with Crippen LogP contribution >= 0.6 is 11.6 Å². The number of nitrogens with zero attached hydrogens (tertiary/aromatic N) is 2. The molecule has 106 valence electrons. The van der Waals surface area contributed by atoms with Gasteiger partial charge >= 0.3 is 0 Å². The van der Waals surface area contributed by atoms with E-state index in [0.717, 1.165) is 11.0 Å². The van der Waals surface area contributed by atoms with Crippen LogP contribution in [0.4, 0.5) is 0 Å². The molecule has 0 saturated carbocycles. The quantitative estimate of drug-likeness (QED) is 0.805. The monoisotopic (exact) mass is 300 g/mol. The first kappa shape index (κ1) is 13.8. The number of aromatic nitrogens is 2. The van der Waals surface area contributed by atoms with E-state index in [1.54, 1.807) is 24.4 Å². The first-order chi connectivity index (χ1) is 10.2. The summed E-state index contributed by atoms with van der Waals surface area (Å²) >= 11 is 5.99. The van der Waals surface area contributed by atoms with Crippen LogP contribution in [-0.4, -0.2) is 22.2 Å². The third-order valence-corrected chi connectivity index (χ3v) is 3.55. The van der Waals surface area contributed by atoms with Crippen LogP contribution < -0.4 is 4.74 Å². The van der Waals surface area contributed by atoms with Crippen molar-refractivity contribution in [3.63, 3.8) is 0 Å². The van der Waals surface area contributed by atoms with Gasteiger partial charge in [0.1, 0.15) is 11.9 Å². The summed E-state index contributed by atoms with van der Waals surface area (Å²) in [7, 11) is 1.53. The highest BCUT2D eigenvalue weighted by molar-refractivity contribution is 6.32. The molecule has 1 aromatic heterocycles. The molecule has 1 heterocycles. The average molecular weight is 301 g/mol. The first-order valence-electron chi connectivity index (χ1n) is 6.42. The maximum atomic E-state index is 10.5. The van der Waals surface area contributed by atoms with Crippen molar-refractivity contribution in [3.05, 3.63) is 64.9 Å². The van der Waals surface area contributed by atoms with Crippen LogP contribution in [0, 0.1) is 0 Å². The number of methoxy groups -OCH3 is 1. The van der Waals surface area contributed by atoms with E-state index < -0.39 is 6.10 Å². The minimum atomic E-state index is -0.881. The molecule has 0 aliphatic rings. The lowest BCUT2D eigenvalue weighted by Crippen LogP contribution is -2.04. The number of aliphatic hydroxyl groups is 1. The van der Waals surface area contributed by atoms with Crippen LogP contribution in [0.5, 0.6) is 5.75 Å². The highest BCUT2D eigenvalue weighted by Crippen LogP contribution is 2.30. The molecule has 0 spiro atoms. The number of ether oxygens (including phenoxy) is 1. The molecule has 5 heteroatoms. The summed E-state index contributed by atoms with van der Waals surface area (Å²) in [5.41, 5.74) is 2.68. The van der Waals surface area contributed by atoms with Crippen molar-refractivity contribution >= 4 is 22.6 Å². The molecular weight excluding hydrogens is 288 g/mol. The van der Waals surface area contributed by atoms with Crippen molar-refractivity contribution in [1.29, 1.82) is 0 Å². The van der Waals surface area contributed by atoms with E-state index in [-0.39, 0.29) is 0 Å². The largest absolute Gasteiger partial charge is 0.495 e. The zero-order valence-electron chi connectivity index (χ0n) is 11.3. The number of hydrogen-bond donors (Lipinski definition) is 1. The Morgan fingerprint density at radius 1 is 1.14 bits per heavy atom. The standard InChI is InChI=1S/C16H13ClN2O2/c1-21-15-8-10(6-7-11(15)17)16(20)14-9-18-12-4-2-3-5-13(12)19-14/h2-9,16,20H,1H3. The molecule has 1 unspecified atom stereocenters. The topological polar surface area (TPSA) is 55.2 Å². The van der Waals surface area contributed by atoms with Gasteiger partial charge in [0.15, 0.2) is 0 Å². The van der Waals surface area contributed by atoms with Gasteiger partial charge in [-0.2, -0.15) is 0 Å². The van der Waals surface area contributed by atoms with Crippen molar-refractivity contribution in [3.8, 4) is 5.75 Å². The van der Waals surface area contributed by atoms with Crippen LogP contribution in [0.3, 0.4) is 0 Å². The summed E-state index contributed by atoms with van der Waals surface area (Å²) in [5.74, 6) is 0.516. The summed E-state index contributed by atoms with van der Waals surface area (Å²) in [6.07, 6.45) is 0.696. The summed E-state index contributed by atoms with van der Waals surface area (Å²) in [6, 6.07) is 12.7. The molecule has 3 rings (SSSR count). The minimum absolute atomic E-state index is 0.484. The lowest BCUT2D eigenvalue weighted by Gasteiger charge is -2.12. The third-order valence-electron chi connectivity index (χ3n) is 3.24. The second-order valence-corrected chi connectivity index (χ2v) is 4.99. The van der Waals surface area contributed by atoms with Crippen molar-refractivity contribution in [2.24, 2.45) is 0 Å². The van der Waals surface area contributed by atoms with Gasteiger partial charge in [-0.05, 0) is 29.8 Å². The number of rotatable bonds is 3. The van der Waals surface area contributed by atoms with E-state index in [0.29, 0.717) is 22.0 Å². The van der Waals surface area contributed by atoms with Gasteiger partial charge in [0.2, 0.25) is 0 Å². The zero-order valence-corrected chi connectivity index (χ0v) is 12.1. The lowest BCUT2D eigenvalue weighted by atomic mass is 10.1. The van der Waals surface area contributed by atoms with E-state index in [1.165, 1.54) is 7.11 Å². The van der Waals surface area contributed by atoms with Gasteiger partial charge in [0.05, 0.1) is 35.1 Å². The van der Waals surface area contributed by atoms with E-state index in [1.807, 2.05) is 24.3 Å². The van der Waals surface area contributed by atoms with E-state index in [9.17, 15) is 5.11 Å². The Balaban J connectivity index is 2.01. The fraction of sp³-hybridized carbons (Fsp3) is 0.125. The van der Waals surface area contributed by atoms with Gasteiger partial charge in [-0.1, -0.05) is 29.8 Å². The summed E-state index contributed by atoms with van der Waals surface area (Å²) < 4.78 is 5.16. The van der Waals surface area contributed by atoms with Crippen molar-refractivity contribution in [2.75, 3.05) is 7.11 Å². The molecule has 21 heavy (non-hydrogen) atoms. The maximum Gasteiger partial charge on any atom is 0.137 e. The summed E-state index contributed by atoms with van der Waals surface area (Å²) in [4.78, 5) is 8.75. The molecule has 0 aliphatic carbocycles. The van der Waals surface area contributed by atoms with Crippen LogP contribution in [0.2, 0.25) is 5.02 Å². The van der Waals surface area contributed by atoms with Gasteiger partial charge in [0.25, 0.3) is 0 Å². The van der Waals surface area contributed by atoms with Gasteiger partial charge < -0.3 is 9.84 Å². The molecule has 0 amide bonds. The van der Waals surface area contributed by atoms with Crippen molar-refractivity contribution in [1.82, 2.24) is 9.97 Å². The SMILES string of the molecule is COc1cc(C(O)c2cnc3ccccc3n2)ccc1Cl. The molecule has 0 saturated heterocycles. The fourth-order valence-corrected chi connectivity index (χ4v) is 2.32. The van der Waals surface area contributed by atoms with E-state index >= 15 is 0 Å². The number of halogens is 1. The van der Waals surface area contributed by atoms with Crippen LogP contribution in [0.1, 0.15) is 17.4 Å². The number of fused-ring (bicyclic) bond motifs is 1.